The number of amides is 2. The van der Waals surface area contributed by atoms with Crippen LogP contribution >= 0.6 is 0 Å². The lowest BCUT2D eigenvalue weighted by atomic mass is 10.1. The van der Waals surface area contributed by atoms with Crippen LogP contribution in [-0.4, -0.2) is 30.1 Å². The Balaban J connectivity index is 2.21. The van der Waals surface area contributed by atoms with Crippen LogP contribution in [0.15, 0.2) is 35.9 Å². The maximum absolute atomic E-state index is 12.6. The summed E-state index contributed by atoms with van der Waals surface area (Å²) >= 11 is 0. The predicted molar refractivity (Wildman–Crippen MR) is 113 cm³/mol. The molecule has 0 fully saturated rings. The number of anilines is 2. The van der Waals surface area contributed by atoms with Gasteiger partial charge in [-0.2, -0.15) is 5.26 Å². The van der Waals surface area contributed by atoms with Crippen molar-refractivity contribution in [2.75, 3.05) is 24.4 Å². The molecule has 7 heteroatoms. The van der Waals surface area contributed by atoms with Gasteiger partial charge in [0, 0.05) is 36.8 Å². The molecule has 152 valence electrons. The number of benzene rings is 1. The first-order chi connectivity index (χ1) is 13.8. The number of nitriles is 1. The van der Waals surface area contributed by atoms with E-state index in [1.807, 2.05) is 26.0 Å². The summed E-state index contributed by atoms with van der Waals surface area (Å²) in [4.78, 5) is 23.6. The number of ether oxygens (including phenoxy) is 1. The molecule has 1 aromatic carbocycles. The SMILES string of the molecule is COCC(C)n1c(C)cc(C=C(C#N)C(=O)Nc2ccc(NC(C)=O)cc2)c1C. The van der Waals surface area contributed by atoms with Crippen molar-refractivity contribution in [2.45, 2.75) is 33.7 Å². The predicted octanol–water partition coefficient (Wildman–Crippen LogP) is 3.82. The van der Waals surface area contributed by atoms with Gasteiger partial charge in [0.2, 0.25) is 5.91 Å². The molecule has 1 unspecified atom stereocenters. The van der Waals surface area contributed by atoms with Crippen molar-refractivity contribution in [1.29, 1.82) is 5.26 Å². The standard InChI is InChI=1S/C22H26N4O3/c1-14-10-18(16(3)26(14)15(2)13-29-5)11-19(12-23)22(28)25-21-8-6-20(7-9-21)24-17(4)27/h6-11,15H,13H2,1-5H3,(H,24,27)(H,25,28). The number of nitrogens with one attached hydrogen (secondary N) is 2. The second-order valence-corrected chi connectivity index (χ2v) is 6.88. The number of rotatable bonds is 7. The van der Waals surface area contributed by atoms with E-state index in [4.69, 9.17) is 4.74 Å². The van der Waals surface area contributed by atoms with Crippen LogP contribution in [0, 0.1) is 25.2 Å². The summed E-state index contributed by atoms with van der Waals surface area (Å²) < 4.78 is 7.37. The Morgan fingerprint density at radius 1 is 1.21 bits per heavy atom. The molecule has 0 aliphatic heterocycles. The summed E-state index contributed by atoms with van der Waals surface area (Å²) in [5.74, 6) is -0.663. The highest BCUT2D eigenvalue weighted by Gasteiger charge is 2.16. The molecule has 0 saturated carbocycles. The van der Waals surface area contributed by atoms with Crippen LogP contribution < -0.4 is 10.6 Å². The van der Waals surface area contributed by atoms with Crippen molar-refractivity contribution in [1.82, 2.24) is 4.57 Å². The van der Waals surface area contributed by atoms with Crippen molar-refractivity contribution in [3.05, 3.63) is 52.9 Å². The quantitative estimate of drug-likeness (QED) is 0.551. The molecule has 1 aromatic heterocycles. The first-order valence-corrected chi connectivity index (χ1v) is 9.25. The van der Waals surface area contributed by atoms with Crippen molar-refractivity contribution < 1.29 is 14.3 Å². The minimum Gasteiger partial charge on any atom is -0.383 e. The molecule has 0 aliphatic carbocycles. The Kier molecular flexibility index (Phi) is 7.34. The third kappa shape index (κ3) is 5.56. The lowest BCUT2D eigenvalue weighted by Crippen LogP contribution is -2.14. The second kappa shape index (κ2) is 9.71. The summed E-state index contributed by atoms with van der Waals surface area (Å²) in [6.07, 6.45) is 1.60. The van der Waals surface area contributed by atoms with Gasteiger partial charge in [0.15, 0.2) is 0 Å². The number of carbonyl (C=O) groups is 2. The van der Waals surface area contributed by atoms with E-state index in [-0.39, 0.29) is 17.5 Å². The van der Waals surface area contributed by atoms with Crippen LogP contribution in [0.25, 0.3) is 6.08 Å². The van der Waals surface area contributed by atoms with Crippen molar-refractivity contribution >= 4 is 29.3 Å². The summed E-state index contributed by atoms with van der Waals surface area (Å²) in [5.41, 5.74) is 3.99. The smallest absolute Gasteiger partial charge is 0.266 e. The monoisotopic (exact) mass is 394 g/mol. The largest absolute Gasteiger partial charge is 0.383 e. The van der Waals surface area contributed by atoms with E-state index in [0.717, 1.165) is 17.0 Å². The molecule has 2 amide bonds. The van der Waals surface area contributed by atoms with E-state index in [9.17, 15) is 14.9 Å². The van der Waals surface area contributed by atoms with E-state index >= 15 is 0 Å². The molecule has 29 heavy (non-hydrogen) atoms. The van der Waals surface area contributed by atoms with Crippen LogP contribution in [0.4, 0.5) is 11.4 Å². The zero-order valence-electron chi connectivity index (χ0n) is 17.4. The van der Waals surface area contributed by atoms with Gasteiger partial charge in [0.05, 0.1) is 12.6 Å². The molecule has 2 rings (SSSR count). The average Bonchev–Trinajstić information content (AvgIpc) is 2.94. The molecule has 0 spiro atoms. The van der Waals surface area contributed by atoms with Crippen LogP contribution in [0.3, 0.4) is 0 Å². The number of methoxy groups -OCH3 is 1. The van der Waals surface area contributed by atoms with Crippen LogP contribution in [0.1, 0.15) is 36.8 Å². The molecule has 0 radical (unpaired) electrons. The Labute approximate surface area is 171 Å². The van der Waals surface area contributed by atoms with Crippen LogP contribution in [0.5, 0.6) is 0 Å². The van der Waals surface area contributed by atoms with E-state index in [0.29, 0.717) is 18.0 Å². The number of hydrogen-bond donors (Lipinski definition) is 2. The van der Waals surface area contributed by atoms with Crippen molar-refractivity contribution in [2.24, 2.45) is 0 Å². The maximum atomic E-state index is 12.6. The van der Waals surface area contributed by atoms with Gasteiger partial charge in [0.25, 0.3) is 5.91 Å². The average molecular weight is 394 g/mol. The molecule has 0 saturated heterocycles. The first-order valence-electron chi connectivity index (χ1n) is 9.25. The zero-order chi connectivity index (χ0) is 21.6. The van der Waals surface area contributed by atoms with Crippen LogP contribution in [-0.2, 0) is 14.3 Å². The number of aromatic nitrogens is 1. The zero-order valence-corrected chi connectivity index (χ0v) is 17.4. The Bertz CT molecular complexity index is 965. The molecule has 1 heterocycles. The summed E-state index contributed by atoms with van der Waals surface area (Å²) in [5, 5.41) is 14.9. The molecule has 2 N–H and O–H groups in total. The van der Waals surface area contributed by atoms with Gasteiger partial charge in [-0.1, -0.05) is 0 Å². The highest BCUT2D eigenvalue weighted by atomic mass is 16.5. The van der Waals surface area contributed by atoms with Gasteiger partial charge in [-0.05, 0) is 62.7 Å². The highest BCUT2D eigenvalue weighted by molar-refractivity contribution is 6.09. The van der Waals surface area contributed by atoms with Gasteiger partial charge in [-0.25, -0.2) is 0 Å². The minimum atomic E-state index is -0.491. The third-order valence-corrected chi connectivity index (χ3v) is 4.50. The number of aryl methyl sites for hydroxylation is 1. The summed E-state index contributed by atoms with van der Waals surface area (Å²) in [6, 6.07) is 10.8. The van der Waals surface area contributed by atoms with E-state index in [1.54, 1.807) is 37.5 Å². The fraction of sp³-hybridized carbons (Fsp3) is 0.318. The van der Waals surface area contributed by atoms with E-state index in [1.165, 1.54) is 6.92 Å². The molecule has 2 aromatic rings. The Morgan fingerprint density at radius 3 is 2.31 bits per heavy atom. The fourth-order valence-electron chi connectivity index (χ4n) is 3.29. The van der Waals surface area contributed by atoms with Gasteiger partial charge < -0.3 is 19.9 Å². The van der Waals surface area contributed by atoms with Gasteiger partial charge in [-0.3, -0.25) is 9.59 Å². The minimum absolute atomic E-state index is 0.00980. The van der Waals surface area contributed by atoms with Gasteiger partial charge in [-0.15, -0.1) is 0 Å². The topological polar surface area (TPSA) is 96.2 Å². The maximum Gasteiger partial charge on any atom is 0.266 e. The van der Waals surface area contributed by atoms with E-state index in [2.05, 4.69) is 22.1 Å². The molecule has 1 atom stereocenters. The second-order valence-electron chi connectivity index (χ2n) is 6.88. The third-order valence-electron chi connectivity index (χ3n) is 4.50. The Morgan fingerprint density at radius 2 is 1.79 bits per heavy atom. The molecule has 0 bridgehead atoms. The summed E-state index contributed by atoms with van der Waals surface area (Å²) in [7, 11) is 1.66. The molecular weight excluding hydrogens is 368 g/mol. The Hall–Kier alpha value is -3.37. The fourth-order valence-corrected chi connectivity index (χ4v) is 3.29. The number of carbonyl (C=O) groups excluding carboxylic acids is 2. The van der Waals surface area contributed by atoms with E-state index < -0.39 is 5.91 Å². The van der Waals surface area contributed by atoms with Crippen LogP contribution in [0.2, 0.25) is 0 Å². The number of nitrogens with zero attached hydrogens (tertiary/aromatic N) is 2. The lowest BCUT2D eigenvalue weighted by Gasteiger charge is -2.17. The molecular formula is C22H26N4O3. The van der Waals surface area contributed by atoms with Crippen molar-refractivity contribution in [3.63, 3.8) is 0 Å². The van der Waals surface area contributed by atoms with Gasteiger partial charge in [0.1, 0.15) is 11.6 Å². The van der Waals surface area contributed by atoms with Gasteiger partial charge >= 0.3 is 0 Å². The highest BCUT2D eigenvalue weighted by Crippen LogP contribution is 2.23. The normalized spacial score (nSPS) is 12.2. The molecule has 7 nitrogen and oxygen atoms in total. The lowest BCUT2D eigenvalue weighted by molar-refractivity contribution is -0.114. The number of hydrogen-bond acceptors (Lipinski definition) is 4. The first kappa shape index (κ1) is 21.9. The van der Waals surface area contributed by atoms with Crippen molar-refractivity contribution in [3.8, 4) is 6.07 Å². The molecule has 0 aliphatic rings. The summed E-state index contributed by atoms with van der Waals surface area (Å²) in [6.45, 7) is 7.99.